The minimum absolute atomic E-state index is 0.159. The van der Waals surface area contributed by atoms with E-state index in [1.54, 1.807) is 18.7 Å². The topological polar surface area (TPSA) is 56.2 Å². The maximum Gasteiger partial charge on any atom is 0.254 e. The minimum atomic E-state index is -2.57. The van der Waals surface area contributed by atoms with E-state index in [1.165, 1.54) is 6.20 Å². The molecule has 1 amide bonds. The van der Waals surface area contributed by atoms with E-state index in [0.717, 1.165) is 5.69 Å². The van der Waals surface area contributed by atoms with Crippen LogP contribution in [-0.2, 0) is 0 Å². The summed E-state index contributed by atoms with van der Waals surface area (Å²) in [6.45, 7) is 2.04. The van der Waals surface area contributed by atoms with Crippen LogP contribution in [0.3, 0.4) is 0 Å². The maximum atomic E-state index is 12.8. The number of rotatable bonds is 5. The Balaban J connectivity index is 1.71. The maximum absolute atomic E-state index is 12.8. The number of hydrogen-bond acceptors (Lipinski definition) is 3. The summed E-state index contributed by atoms with van der Waals surface area (Å²) in [5.41, 5.74) is 1.82. The molecule has 1 heterocycles. The molecular formula is C17H19F2N3O2. The highest BCUT2D eigenvalue weighted by molar-refractivity contribution is 5.95. The summed E-state index contributed by atoms with van der Waals surface area (Å²) in [4.78, 5) is 12.3. The molecule has 0 aliphatic heterocycles. The van der Waals surface area contributed by atoms with Gasteiger partial charge in [-0.15, -0.1) is 0 Å². The molecule has 3 rings (SSSR count). The molecule has 1 aliphatic rings. The van der Waals surface area contributed by atoms with E-state index >= 15 is 0 Å². The number of para-hydroxylation sites is 2. The number of nitrogens with zero attached hydrogens (tertiary/aromatic N) is 2. The highest BCUT2D eigenvalue weighted by Gasteiger charge is 2.45. The van der Waals surface area contributed by atoms with Crippen LogP contribution < -0.4 is 10.1 Å². The quantitative estimate of drug-likeness (QED) is 0.914. The Hall–Kier alpha value is -2.44. The third kappa shape index (κ3) is 3.11. The van der Waals surface area contributed by atoms with Gasteiger partial charge < -0.3 is 10.1 Å². The Morgan fingerprint density at radius 2 is 2.12 bits per heavy atom. The van der Waals surface area contributed by atoms with E-state index in [4.69, 9.17) is 4.74 Å². The molecule has 1 N–H and O–H groups in total. The zero-order valence-electron chi connectivity index (χ0n) is 13.6. The molecule has 5 nitrogen and oxygen atoms in total. The normalized spacial score (nSPS) is 16.5. The molecule has 0 radical (unpaired) electrons. The highest BCUT2D eigenvalue weighted by Crippen LogP contribution is 2.41. The Bertz CT molecular complexity index is 750. The van der Waals surface area contributed by atoms with E-state index in [1.807, 2.05) is 24.3 Å². The number of methoxy groups -OCH3 is 1. The Morgan fingerprint density at radius 1 is 1.42 bits per heavy atom. The number of amides is 1. The zero-order valence-corrected chi connectivity index (χ0v) is 13.6. The number of halogens is 2. The van der Waals surface area contributed by atoms with Gasteiger partial charge in [-0.25, -0.2) is 13.5 Å². The first-order valence-corrected chi connectivity index (χ1v) is 7.75. The standard InChI is InChI=1S/C17H19F2N3O2/c1-11-13(16(23)20-9-12-7-17(18,19)8-12)10-21-22(11)14-5-3-4-6-15(14)24-2/h3-6,10,12H,7-9H2,1-2H3,(H,20,23). The monoisotopic (exact) mass is 335 g/mol. The van der Waals surface area contributed by atoms with Gasteiger partial charge in [0.15, 0.2) is 0 Å². The van der Waals surface area contributed by atoms with Crippen molar-refractivity contribution in [3.05, 3.63) is 41.7 Å². The average Bonchev–Trinajstić information content (AvgIpc) is 2.92. The summed E-state index contributed by atoms with van der Waals surface area (Å²) < 4.78 is 32.6. The van der Waals surface area contributed by atoms with Gasteiger partial charge >= 0.3 is 0 Å². The number of ether oxygens (including phenoxy) is 1. The second-order valence-corrected chi connectivity index (χ2v) is 6.07. The highest BCUT2D eigenvalue weighted by atomic mass is 19.3. The summed E-state index contributed by atoms with van der Waals surface area (Å²) in [5, 5.41) is 6.97. The number of hydrogen-bond donors (Lipinski definition) is 1. The van der Waals surface area contributed by atoms with Gasteiger partial charge in [0.1, 0.15) is 11.4 Å². The number of aromatic nitrogens is 2. The molecule has 0 saturated heterocycles. The molecule has 0 bridgehead atoms. The summed E-state index contributed by atoms with van der Waals surface area (Å²) in [6.07, 6.45) is 1.16. The Kier molecular flexibility index (Phi) is 4.26. The predicted molar refractivity (Wildman–Crippen MR) is 84.9 cm³/mol. The van der Waals surface area contributed by atoms with Crippen LogP contribution in [-0.4, -0.2) is 35.3 Å². The van der Waals surface area contributed by atoms with Crippen molar-refractivity contribution in [3.8, 4) is 11.4 Å². The van der Waals surface area contributed by atoms with E-state index in [-0.39, 0.29) is 31.2 Å². The van der Waals surface area contributed by atoms with E-state index in [9.17, 15) is 13.6 Å². The first-order valence-electron chi connectivity index (χ1n) is 7.75. The van der Waals surface area contributed by atoms with Crippen molar-refractivity contribution in [2.24, 2.45) is 5.92 Å². The third-order valence-electron chi connectivity index (χ3n) is 4.29. The van der Waals surface area contributed by atoms with Crippen molar-refractivity contribution in [1.29, 1.82) is 0 Å². The molecule has 1 fully saturated rings. The van der Waals surface area contributed by atoms with Crippen LogP contribution in [0.2, 0.25) is 0 Å². The minimum Gasteiger partial charge on any atom is -0.494 e. The smallest absolute Gasteiger partial charge is 0.254 e. The van der Waals surface area contributed by atoms with Crippen LogP contribution in [0.1, 0.15) is 28.9 Å². The van der Waals surface area contributed by atoms with Crippen LogP contribution in [0.5, 0.6) is 5.75 Å². The predicted octanol–water partition coefficient (Wildman–Crippen LogP) is 2.96. The lowest BCUT2D eigenvalue weighted by Gasteiger charge is -2.34. The number of benzene rings is 1. The molecule has 7 heteroatoms. The lowest BCUT2D eigenvalue weighted by molar-refractivity contribution is -0.108. The van der Waals surface area contributed by atoms with Gasteiger partial charge in [-0.1, -0.05) is 12.1 Å². The third-order valence-corrected chi connectivity index (χ3v) is 4.29. The zero-order chi connectivity index (χ0) is 17.3. The SMILES string of the molecule is COc1ccccc1-n1ncc(C(=O)NCC2CC(F)(F)C2)c1C. The van der Waals surface area contributed by atoms with Gasteiger partial charge in [0.25, 0.3) is 5.91 Å². The Morgan fingerprint density at radius 3 is 2.79 bits per heavy atom. The lowest BCUT2D eigenvalue weighted by Crippen LogP contribution is -2.42. The van der Waals surface area contributed by atoms with Crippen LogP contribution in [0.15, 0.2) is 30.5 Å². The molecule has 128 valence electrons. The van der Waals surface area contributed by atoms with Crippen LogP contribution in [0, 0.1) is 12.8 Å². The van der Waals surface area contributed by atoms with Crippen LogP contribution in [0.25, 0.3) is 5.69 Å². The van der Waals surface area contributed by atoms with Crippen molar-refractivity contribution in [3.63, 3.8) is 0 Å². The molecule has 0 atom stereocenters. The van der Waals surface area contributed by atoms with Crippen molar-refractivity contribution in [2.45, 2.75) is 25.7 Å². The first-order chi connectivity index (χ1) is 11.4. The van der Waals surface area contributed by atoms with E-state index in [2.05, 4.69) is 10.4 Å². The van der Waals surface area contributed by atoms with Gasteiger partial charge in [0.2, 0.25) is 5.92 Å². The molecule has 1 saturated carbocycles. The van der Waals surface area contributed by atoms with Gasteiger partial charge in [-0.05, 0) is 25.0 Å². The van der Waals surface area contributed by atoms with Gasteiger partial charge in [0, 0.05) is 19.4 Å². The summed E-state index contributed by atoms with van der Waals surface area (Å²) >= 11 is 0. The van der Waals surface area contributed by atoms with Crippen molar-refractivity contribution in [1.82, 2.24) is 15.1 Å². The van der Waals surface area contributed by atoms with Gasteiger partial charge in [0.05, 0.1) is 24.6 Å². The molecular weight excluding hydrogens is 316 g/mol. The number of carbonyl (C=O) groups excluding carboxylic acids is 1. The van der Waals surface area contributed by atoms with E-state index in [0.29, 0.717) is 17.0 Å². The lowest BCUT2D eigenvalue weighted by atomic mass is 9.81. The van der Waals surface area contributed by atoms with Crippen LogP contribution >= 0.6 is 0 Å². The van der Waals surface area contributed by atoms with Crippen molar-refractivity contribution >= 4 is 5.91 Å². The number of alkyl halides is 2. The second-order valence-electron chi connectivity index (χ2n) is 6.07. The molecule has 1 aliphatic carbocycles. The number of nitrogens with one attached hydrogen (secondary N) is 1. The van der Waals surface area contributed by atoms with Crippen LogP contribution in [0.4, 0.5) is 8.78 Å². The molecule has 2 aromatic rings. The summed E-state index contributed by atoms with van der Waals surface area (Å²) in [6, 6.07) is 7.36. The largest absolute Gasteiger partial charge is 0.494 e. The average molecular weight is 335 g/mol. The molecule has 24 heavy (non-hydrogen) atoms. The fraction of sp³-hybridized carbons (Fsp3) is 0.412. The second kappa shape index (κ2) is 6.22. The Labute approximate surface area is 138 Å². The summed E-state index contributed by atoms with van der Waals surface area (Å²) in [5.74, 6) is -2.38. The number of carbonyl (C=O) groups is 1. The van der Waals surface area contributed by atoms with Crippen molar-refractivity contribution < 1.29 is 18.3 Å². The first kappa shape index (κ1) is 16.4. The molecule has 0 spiro atoms. The molecule has 1 aromatic heterocycles. The van der Waals surface area contributed by atoms with E-state index < -0.39 is 5.92 Å². The summed E-state index contributed by atoms with van der Waals surface area (Å²) in [7, 11) is 1.57. The van der Waals surface area contributed by atoms with Gasteiger partial charge in [-0.2, -0.15) is 5.10 Å². The van der Waals surface area contributed by atoms with Gasteiger partial charge in [-0.3, -0.25) is 4.79 Å². The fourth-order valence-corrected chi connectivity index (χ4v) is 2.94. The fourth-order valence-electron chi connectivity index (χ4n) is 2.94. The molecule has 1 aromatic carbocycles. The molecule has 0 unspecified atom stereocenters. The van der Waals surface area contributed by atoms with Crippen molar-refractivity contribution in [2.75, 3.05) is 13.7 Å².